The molecule has 0 radical (unpaired) electrons. The van der Waals surface area contributed by atoms with Crippen molar-refractivity contribution in [3.63, 3.8) is 0 Å². The van der Waals surface area contributed by atoms with E-state index in [9.17, 15) is 4.79 Å². The maximum absolute atomic E-state index is 11.5. The van der Waals surface area contributed by atoms with Gasteiger partial charge >= 0.3 is 0 Å². The summed E-state index contributed by atoms with van der Waals surface area (Å²) in [4.78, 5) is 18.2. The highest BCUT2D eigenvalue weighted by molar-refractivity contribution is 5.30. The molecule has 0 unspecified atom stereocenters. The maximum atomic E-state index is 11.5. The summed E-state index contributed by atoms with van der Waals surface area (Å²) in [7, 11) is 0. The number of H-pyrrole nitrogens is 1. The second kappa shape index (κ2) is 5.29. The van der Waals surface area contributed by atoms with Crippen LogP contribution in [0.25, 0.3) is 12.2 Å². The second-order valence-corrected chi connectivity index (χ2v) is 3.36. The summed E-state index contributed by atoms with van der Waals surface area (Å²) in [6.07, 6.45) is 8.00. The van der Waals surface area contributed by atoms with E-state index in [0.29, 0.717) is 5.22 Å². The highest BCUT2D eigenvalue weighted by Crippen LogP contribution is 1.97. The average molecular weight is 204 g/mol. The summed E-state index contributed by atoms with van der Waals surface area (Å²) in [5, 5.41) is 1.39. The van der Waals surface area contributed by atoms with E-state index in [0.717, 1.165) is 11.8 Å². The number of nitrogens with zero attached hydrogens (tertiary/aromatic N) is 1. The number of aromatic amines is 1. The van der Waals surface area contributed by atoms with Crippen molar-refractivity contribution in [1.29, 1.82) is 0 Å². The molecule has 0 aliphatic heterocycles. The molecular formula is C12H16N2O. The fourth-order valence-electron chi connectivity index (χ4n) is 1.23. The first-order valence-electron chi connectivity index (χ1n) is 5.01. The van der Waals surface area contributed by atoms with Crippen LogP contribution in [-0.4, -0.2) is 9.97 Å². The number of rotatable bonds is 2. The SMILES string of the molecule is C/C=C(/C)C/C=c1/c(=O)[nH]cn/c1=C/C. The van der Waals surface area contributed by atoms with Crippen LogP contribution in [0.2, 0.25) is 0 Å². The first kappa shape index (κ1) is 11.4. The molecule has 0 bridgehead atoms. The van der Waals surface area contributed by atoms with Crippen molar-refractivity contribution in [2.75, 3.05) is 0 Å². The van der Waals surface area contributed by atoms with E-state index in [1.165, 1.54) is 11.9 Å². The van der Waals surface area contributed by atoms with Gasteiger partial charge in [0.25, 0.3) is 5.56 Å². The summed E-state index contributed by atoms with van der Waals surface area (Å²) in [5.74, 6) is 0. The molecule has 1 aromatic heterocycles. The number of allylic oxidation sites excluding steroid dienone is 2. The predicted octanol–water partition coefficient (Wildman–Crippen LogP) is 0.707. The van der Waals surface area contributed by atoms with Gasteiger partial charge in [-0.15, -0.1) is 0 Å². The van der Waals surface area contributed by atoms with Gasteiger partial charge in [0.2, 0.25) is 0 Å². The Morgan fingerprint density at radius 1 is 1.53 bits per heavy atom. The van der Waals surface area contributed by atoms with Crippen LogP contribution in [0.5, 0.6) is 0 Å². The van der Waals surface area contributed by atoms with Crippen LogP contribution >= 0.6 is 0 Å². The van der Waals surface area contributed by atoms with Crippen LogP contribution in [0, 0.1) is 0 Å². The number of nitrogens with one attached hydrogen (secondary N) is 1. The molecule has 1 heterocycles. The lowest BCUT2D eigenvalue weighted by atomic mass is 10.2. The van der Waals surface area contributed by atoms with Crippen molar-refractivity contribution in [3.05, 3.63) is 38.9 Å². The van der Waals surface area contributed by atoms with Crippen LogP contribution in [0.4, 0.5) is 0 Å². The van der Waals surface area contributed by atoms with Gasteiger partial charge in [-0.1, -0.05) is 23.8 Å². The van der Waals surface area contributed by atoms with Crippen LogP contribution in [0.1, 0.15) is 27.2 Å². The third-order valence-corrected chi connectivity index (χ3v) is 2.31. The summed E-state index contributed by atoms with van der Waals surface area (Å²) in [6, 6.07) is 0. The van der Waals surface area contributed by atoms with Gasteiger partial charge in [-0.2, -0.15) is 0 Å². The zero-order chi connectivity index (χ0) is 11.3. The molecule has 3 heteroatoms. The van der Waals surface area contributed by atoms with Crippen LogP contribution in [0.3, 0.4) is 0 Å². The minimum atomic E-state index is -0.0815. The monoisotopic (exact) mass is 204 g/mol. The Morgan fingerprint density at radius 2 is 2.27 bits per heavy atom. The molecular weight excluding hydrogens is 188 g/mol. The minimum Gasteiger partial charge on any atom is -0.313 e. The van der Waals surface area contributed by atoms with Crippen LogP contribution < -0.4 is 16.1 Å². The second-order valence-electron chi connectivity index (χ2n) is 3.36. The van der Waals surface area contributed by atoms with Gasteiger partial charge in [0, 0.05) is 0 Å². The lowest BCUT2D eigenvalue weighted by molar-refractivity contribution is 1.05. The minimum absolute atomic E-state index is 0.0815. The van der Waals surface area contributed by atoms with Gasteiger partial charge in [-0.05, 0) is 27.2 Å². The molecule has 0 saturated heterocycles. The predicted molar refractivity (Wildman–Crippen MR) is 62.8 cm³/mol. The lowest BCUT2D eigenvalue weighted by Crippen LogP contribution is -2.42. The molecule has 0 saturated carbocycles. The largest absolute Gasteiger partial charge is 0.313 e. The Balaban J connectivity index is 3.31. The van der Waals surface area contributed by atoms with Gasteiger partial charge < -0.3 is 4.98 Å². The Kier molecular flexibility index (Phi) is 4.03. The molecule has 0 spiro atoms. The van der Waals surface area contributed by atoms with E-state index in [1.807, 2.05) is 39.0 Å². The molecule has 1 N–H and O–H groups in total. The van der Waals surface area contributed by atoms with Crippen LogP contribution in [0.15, 0.2) is 22.8 Å². The summed E-state index contributed by atoms with van der Waals surface area (Å²) in [5.41, 5.74) is 1.15. The van der Waals surface area contributed by atoms with E-state index in [2.05, 4.69) is 9.97 Å². The summed E-state index contributed by atoms with van der Waals surface area (Å²) in [6.45, 7) is 5.90. The normalized spacial score (nSPS) is 14.7. The first-order chi connectivity index (χ1) is 7.19. The lowest BCUT2D eigenvalue weighted by Gasteiger charge is -1.92. The maximum Gasteiger partial charge on any atom is 0.258 e. The van der Waals surface area contributed by atoms with Gasteiger partial charge in [0.15, 0.2) is 0 Å². The van der Waals surface area contributed by atoms with Crippen molar-refractivity contribution >= 4 is 12.2 Å². The number of aromatic nitrogens is 2. The molecule has 15 heavy (non-hydrogen) atoms. The van der Waals surface area contributed by atoms with Crippen molar-refractivity contribution in [3.8, 4) is 0 Å². The molecule has 0 aliphatic rings. The molecule has 0 aliphatic carbocycles. The zero-order valence-electron chi connectivity index (χ0n) is 9.37. The van der Waals surface area contributed by atoms with Crippen molar-refractivity contribution in [2.45, 2.75) is 27.2 Å². The van der Waals surface area contributed by atoms with Crippen molar-refractivity contribution < 1.29 is 0 Å². The third kappa shape index (κ3) is 2.91. The Hall–Kier alpha value is -1.64. The Morgan fingerprint density at radius 3 is 2.87 bits per heavy atom. The molecule has 0 fully saturated rings. The number of hydrogen-bond donors (Lipinski definition) is 1. The van der Waals surface area contributed by atoms with E-state index in [4.69, 9.17) is 0 Å². The quantitative estimate of drug-likeness (QED) is 0.721. The van der Waals surface area contributed by atoms with E-state index in [1.54, 1.807) is 0 Å². The topological polar surface area (TPSA) is 45.8 Å². The third-order valence-electron chi connectivity index (χ3n) is 2.31. The molecule has 0 atom stereocenters. The Bertz CT molecular complexity index is 523. The molecule has 0 aromatic carbocycles. The van der Waals surface area contributed by atoms with Crippen molar-refractivity contribution in [1.82, 2.24) is 9.97 Å². The van der Waals surface area contributed by atoms with Crippen molar-refractivity contribution in [2.24, 2.45) is 0 Å². The number of hydrogen-bond acceptors (Lipinski definition) is 2. The van der Waals surface area contributed by atoms with E-state index in [-0.39, 0.29) is 5.56 Å². The fraction of sp³-hybridized carbons (Fsp3) is 0.333. The molecule has 0 amide bonds. The van der Waals surface area contributed by atoms with E-state index < -0.39 is 0 Å². The van der Waals surface area contributed by atoms with Gasteiger partial charge in [0.05, 0.1) is 16.9 Å². The van der Waals surface area contributed by atoms with Gasteiger partial charge in [-0.3, -0.25) is 4.79 Å². The van der Waals surface area contributed by atoms with E-state index >= 15 is 0 Å². The standard InChI is InChI=1S/C12H16N2O/c1-4-9(3)6-7-10-11(5-2)13-8-14-12(10)15/h4-5,7-8H,6H2,1-3H3,(H,13,14,15)/b9-4-,10-7+,11-5+. The molecule has 1 aromatic rings. The van der Waals surface area contributed by atoms with Crippen LogP contribution in [-0.2, 0) is 0 Å². The highest BCUT2D eigenvalue weighted by Gasteiger charge is 1.91. The first-order valence-corrected chi connectivity index (χ1v) is 5.01. The molecule has 1 rings (SSSR count). The van der Waals surface area contributed by atoms with Gasteiger partial charge in [0.1, 0.15) is 0 Å². The smallest absolute Gasteiger partial charge is 0.258 e. The summed E-state index contributed by atoms with van der Waals surface area (Å²) >= 11 is 0. The molecule has 3 nitrogen and oxygen atoms in total. The Labute approximate surface area is 88.9 Å². The zero-order valence-corrected chi connectivity index (χ0v) is 9.37. The summed E-state index contributed by atoms with van der Waals surface area (Å²) < 4.78 is 0. The average Bonchev–Trinajstić information content (AvgIpc) is 2.26. The van der Waals surface area contributed by atoms with Gasteiger partial charge in [-0.25, -0.2) is 4.98 Å². The fourth-order valence-corrected chi connectivity index (χ4v) is 1.23. The molecule has 80 valence electrons. The highest BCUT2D eigenvalue weighted by atomic mass is 16.1.